The molecule has 0 aromatic heterocycles. The van der Waals surface area contributed by atoms with E-state index in [9.17, 15) is 4.79 Å². The summed E-state index contributed by atoms with van der Waals surface area (Å²) in [7, 11) is 1.31. The number of esters is 1. The van der Waals surface area contributed by atoms with Crippen molar-refractivity contribution < 1.29 is 33.2 Å². The SMILES string of the molecule is COC(=O)[C@]1(C)OC[C@@H](c2ccc(OCCOc3ccc(Oc4ccccc4)cc3)cc2)CO1. The Bertz CT molecular complexity index is 1040. The summed E-state index contributed by atoms with van der Waals surface area (Å²) in [5, 5.41) is 0. The van der Waals surface area contributed by atoms with Crippen LogP contribution in [0.5, 0.6) is 23.0 Å². The molecule has 3 aromatic carbocycles. The van der Waals surface area contributed by atoms with Gasteiger partial charge in [-0.15, -0.1) is 0 Å². The van der Waals surface area contributed by atoms with E-state index in [0.29, 0.717) is 26.4 Å². The first-order valence-electron chi connectivity index (χ1n) is 11.1. The molecule has 1 aliphatic heterocycles. The molecule has 1 heterocycles. The molecule has 7 heteroatoms. The first-order valence-corrected chi connectivity index (χ1v) is 11.1. The maximum atomic E-state index is 11.8. The summed E-state index contributed by atoms with van der Waals surface area (Å²) in [4.78, 5) is 11.8. The highest BCUT2D eigenvalue weighted by molar-refractivity contribution is 5.77. The van der Waals surface area contributed by atoms with Gasteiger partial charge in [0.15, 0.2) is 0 Å². The number of benzene rings is 3. The highest BCUT2D eigenvalue weighted by atomic mass is 16.7. The van der Waals surface area contributed by atoms with E-state index < -0.39 is 11.8 Å². The van der Waals surface area contributed by atoms with Crippen LogP contribution in [0, 0.1) is 0 Å². The zero-order chi connectivity index (χ0) is 23.8. The quantitative estimate of drug-likeness (QED) is 0.327. The van der Waals surface area contributed by atoms with Crippen LogP contribution in [0.1, 0.15) is 18.4 Å². The fourth-order valence-electron chi connectivity index (χ4n) is 3.49. The molecule has 3 aromatic rings. The van der Waals surface area contributed by atoms with Crippen LogP contribution < -0.4 is 14.2 Å². The Morgan fingerprint density at radius 2 is 1.29 bits per heavy atom. The van der Waals surface area contributed by atoms with Gasteiger partial charge in [-0.05, 0) is 54.1 Å². The van der Waals surface area contributed by atoms with Gasteiger partial charge in [0.1, 0.15) is 36.2 Å². The summed E-state index contributed by atoms with van der Waals surface area (Å²) < 4.78 is 33.3. The minimum Gasteiger partial charge on any atom is -0.490 e. The van der Waals surface area contributed by atoms with Gasteiger partial charge >= 0.3 is 5.97 Å². The van der Waals surface area contributed by atoms with E-state index in [1.54, 1.807) is 6.92 Å². The molecule has 34 heavy (non-hydrogen) atoms. The van der Waals surface area contributed by atoms with Crippen LogP contribution in [-0.2, 0) is 19.0 Å². The molecule has 0 bridgehead atoms. The fraction of sp³-hybridized carbons (Fsp3) is 0.296. The molecular weight excluding hydrogens is 436 g/mol. The van der Waals surface area contributed by atoms with Crippen molar-refractivity contribution in [2.75, 3.05) is 33.5 Å². The van der Waals surface area contributed by atoms with E-state index in [2.05, 4.69) is 0 Å². The van der Waals surface area contributed by atoms with Gasteiger partial charge in [0.25, 0.3) is 5.79 Å². The number of hydrogen-bond donors (Lipinski definition) is 0. The molecule has 0 amide bonds. The van der Waals surface area contributed by atoms with Crippen molar-refractivity contribution >= 4 is 5.97 Å². The van der Waals surface area contributed by atoms with Crippen molar-refractivity contribution in [2.45, 2.75) is 18.6 Å². The van der Waals surface area contributed by atoms with Gasteiger partial charge in [-0.3, -0.25) is 0 Å². The lowest BCUT2D eigenvalue weighted by Gasteiger charge is -2.35. The first kappa shape index (κ1) is 23.6. The lowest BCUT2D eigenvalue weighted by Crippen LogP contribution is -2.47. The van der Waals surface area contributed by atoms with Crippen LogP contribution >= 0.6 is 0 Å². The van der Waals surface area contributed by atoms with Crippen LogP contribution in [0.4, 0.5) is 0 Å². The standard InChI is InChI=1S/C27H28O7/c1-27(26(28)29-2)32-18-21(19-33-27)20-8-10-22(11-9-20)30-16-17-31-23-12-14-25(15-13-23)34-24-6-4-3-5-7-24/h3-15,21H,16-19H2,1-2H3/t21-,27-. The van der Waals surface area contributed by atoms with Gasteiger partial charge in [-0.2, -0.15) is 0 Å². The van der Waals surface area contributed by atoms with Crippen LogP contribution in [0.25, 0.3) is 0 Å². The Morgan fingerprint density at radius 1 is 0.794 bits per heavy atom. The minimum atomic E-state index is -1.34. The highest BCUT2D eigenvalue weighted by Crippen LogP contribution is 2.29. The molecule has 0 atom stereocenters. The molecule has 0 unspecified atom stereocenters. The second kappa shape index (κ2) is 11.0. The molecule has 178 valence electrons. The maximum absolute atomic E-state index is 11.8. The van der Waals surface area contributed by atoms with Gasteiger partial charge in [-0.1, -0.05) is 30.3 Å². The molecule has 1 fully saturated rings. The van der Waals surface area contributed by atoms with Gasteiger partial charge < -0.3 is 28.4 Å². The van der Waals surface area contributed by atoms with Crippen molar-refractivity contribution in [3.8, 4) is 23.0 Å². The van der Waals surface area contributed by atoms with Crippen molar-refractivity contribution in [1.82, 2.24) is 0 Å². The predicted octanol–water partition coefficient (Wildman–Crippen LogP) is 4.96. The molecule has 1 saturated heterocycles. The number of rotatable bonds is 9. The number of carbonyl (C=O) groups excluding carboxylic acids is 1. The topological polar surface area (TPSA) is 72.5 Å². The number of para-hydroxylation sites is 1. The van der Waals surface area contributed by atoms with E-state index in [4.69, 9.17) is 28.4 Å². The molecule has 7 nitrogen and oxygen atoms in total. The van der Waals surface area contributed by atoms with Crippen LogP contribution in [0.2, 0.25) is 0 Å². The van der Waals surface area contributed by atoms with Crippen LogP contribution in [0.15, 0.2) is 78.9 Å². The van der Waals surface area contributed by atoms with Crippen molar-refractivity contribution in [3.05, 3.63) is 84.4 Å². The normalized spacial score (nSPS) is 19.8. The van der Waals surface area contributed by atoms with Gasteiger partial charge in [0.05, 0.1) is 20.3 Å². The molecule has 0 saturated carbocycles. The Labute approximate surface area is 199 Å². The Morgan fingerprint density at radius 3 is 1.85 bits per heavy atom. The average molecular weight is 465 g/mol. The molecule has 1 aliphatic rings. The number of ether oxygens (including phenoxy) is 6. The van der Waals surface area contributed by atoms with Crippen molar-refractivity contribution in [3.63, 3.8) is 0 Å². The summed E-state index contributed by atoms with van der Waals surface area (Å²) >= 11 is 0. The van der Waals surface area contributed by atoms with Gasteiger partial charge in [0.2, 0.25) is 0 Å². The highest BCUT2D eigenvalue weighted by Gasteiger charge is 2.41. The summed E-state index contributed by atoms with van der Waals surface area (Å²) in [5.74, 6) is 1.19. The van der Waals surface area contributed by atoms with E-state index in [-0.39, 0.29) is 5.92 Å². The Hall–Kier alpha value is -3.55. The van der Waals surface area contributed by atoms with E-state index in [1.807, 2.05) is 78.9 Å². The summed E-state index contributed by atoms with van der Waals surface area (Å²) in [6.45, 7) is 3.14. The third kappa shape index (κ3) is 6.07. The molecule has 0 aliphatic carbocycles. The summed E-state index contributed by atoms with van der Waals surface area (Å²) in [6.07, 6.45) is 0. The molecule has 0 radical (unpaired) electrons. The zero-order valence-corrected chi connectivity index (χ0v) is 19.3. The summed E-state index contributed by atoms with van der Waals surface area (Å²) in [6, 6.07) is 24.9. The number of methoxy groups -OCH3 is 1. The van der Waals surface area contributed by atoms with Crippen molar-refractivity contribution in [1.29, 1.82) is 0 Å². The second-order valence-electron chi connectivity index (χ2n) is 7.91. The first-order chi connectivity index (χ1) is 16.6. The van der Waals surface area contributed by atoms with Gasteiger partial charge in [-0.25, -0.2) is 4.79 Å². The molecular formula is C27H28O7. The van der Waals surface area contributed by atoms with Crippen LogP contribution in [-0.4, -0.2) is 45.3 Å². The van der Waals surface area contributed by atoms with Crippen LogP contribution in [0.3, 0.4) is 0 Å². The maximum Gasteiger partial charge on any atom is 0.366 e. The Balaban J connectivity index is 1.18. The molecule has 0 spiro atoms. The average Bonchev–Trinajstić information content (AvgIpc) is 2.88. The van der Waals surface area contributed by atoms with Crippen molar-refractivity contribution in [2.24, 2.45) is 0 Å². The van der Waals surface area contributed by atoms with Gasteiger partial charge in [0, 0.05) is 12.8 Å². The zero-order valence-electron chi connectivity index (χ0n) is 19.3. The monoisotopic (exact) mass is 464 g/mol. The van der Waals surface area contributed by atoms with E-state index in [1.165, 1.54) is 7.11 Å². The Kier molecular flexibility index (Phi) is 7.67. The second-order valence-corrected chi connectivity index (χ2v) is 7.91. The lowest BCUT2D eigenvalue weighted by molar-refractivity contribution is -0.264. The van der Waals surface area contributed by atoms with E-state index in [0.717, 1.165) is 28.6 Å². The number of carbonyl (C=O) groups is 1. The molecule has 4 rings (SSSR count). The third-order valence-electron chi connectivity index (χ3n) is 5.45. The summed E-state index contributed by atoms with van der Waals surface area (Å²) in [5.41, 5.74) is 1.05. The largest absolute Gasteiger partial charge is 0.490 e. The third-order valence-corrected chi connectivity index (χ3v) is 5.45. The minimum absolute atomic E-state index is 0.0314. The lowest BCUT2D eigenvalue weighted by atomic mass is 9.99. The van der Waals surface area contributed by atoms with E-state index >= 15 is 0 Å². The smallest absolute Gasteiger partial charge is 0.366 e. The fourth-order valence-corrected chi connectivity index (χ4v) is 3.49. The number of hydrogen-bond acceptors (Lipinski definition) is 7. The molecule has 0 N–H and O–H groups in total. The predicted molar refractivity (Wildman–Crippen MR) is 125 cm³/mol.